The second-order valence-corrected chi connectivity index (χ2v) is 5.97. The molecule has 6 heteroatoms. The summed E-state index contributed by atoms with van der Waals surface area (Å²) in [7, 11) is 0. The Kier molecular flexibility index (Phi) is 4.75. The molecule has 1 aliphatic heterocycles. The van der Waals surface area contributed by atoms with Gasteiger partial charge in [0.15, 0.2) is 0 Å². The first-order chi connectivity index (χ1) is 10.3. The van der Waals surface area contributed by atoms with E-state index in [-0.39, 0.29) is 6.03 Å². The van der Waals surface area contributed by atoms with E-state index in [1.807, 2.05) is 21.8 Å². The Bertz CT molecular complexity index is 439. The molecule has 2 fully saturated rings. The minimum absolute atomic E-state index is 0.0878. The summed E-state index contributed by atoms with van der Waals surface area (Å²) < 4.78 is 7.30. The number of amides is 2. The van der Waals surface area contributed by atoms with Crippen LogP contribution in [0, 0.1) is 5.92 Å². The molecule has 0 radical (unpaired) electrons. The zero-order chi connectivity index (χ0) is 14.5. The zero-order valence-electron chi connectivity index (χ0n) is 12.4. The number of carbonyl (C=O) groups is 1. The lowest BCUT2D eigenvalue weighted by molar-refractivity contribution is 0.162. The molecule has 1 atom stereocenters. The van der Waals surface area contributed by atoms with Gasteiger partial charge in [0.2, 0.25) is 0 Å². The van der Waals surface area contributed by atoms with Crippen LogP contribution < -0.4 is 5.32 Å². The van der Waals surface area contributed by atoms with Gasteiger partial charge in [-0.15, -0.1) is 0 Å². The van der Waals surface area contributed by atoms with E-state index in [0.717, 1.165) is 52.0 Å². The van der Waals surface area contributed by atoms with Crippen LogP contribution in [-0.2, 0) is 11.3 Å². The smallest absolute Gasteiger partial charge is 0.317 e. The van der Waals surface area contributed by atoms with Crippen LogP contribution >= 0.6 is 0 Å². The molecule has 1 aromatic heterocycles. The van der Waals surface area contributed by atoms with Gasteiger partial charge in [-0.1, -0.05) is 0 Å². The highest BCUT2D eigenvalue weighted by atomic mass is 16.5. The molecule has 2 aliphatic rings. The van der Waals surface area contributed by atoms with Crippen LogP contribution in [0.5, 0.6) is 0 Å². The number of urea groups is 1. The Labute approximate surface area is 125 Å². The van der Waals surface area contributed by atoms with Crippen LogP contribution in [0.25, 0.3) is 0 Å². The first-order valence-electron chi connectivity index (χ1n) is 7.92. The molecule has 1 aromatic rings. The van der Waals surface area contributed by atoms with Crippen molar-refractivity contribution in [2.75, 3.05) is 26.3 Å². The van der Waals surface area contributed by atoms with Crippen LogP contribution in [0.1, 0.15) is 25.7 Å². The van der Waals surface area contributed by atoms with Gasteiger partial charge in [0, 0.05) is 50.6 Å². The Hall–Kier alpha value is -1.56. The Morgan fingerprint density at radius 2 is 2.33 bits per heavy atom. The Morgan fingerprint density at radius 3 is 3.00 bits per heavy atom. The summed E-state index contributed by atoms with van der Waals surface area (Å²) >= 11 is 0. The van der Waals surface area contributed by atoms with E-state index >= 15 is 0 Å². The number of hydrogen-bond acceptors (Lipinski definition) is 3. The number of nitrogens with zero attached hydrogens (tertiary/aromatic N) is 3. The predicted octanol–water partition coefficient (Wildman–Crippen LogP) is 1.48. The molecule has 0 bridgehead atoms. The Morgan fingerprint density at radius 1 is 1.43 bits per heavy atom. The molecule has 2 heterocycles. The van der Waals surface area contributed by atoms with Crippen molar-refractivity contribution in [2.24, 2.45) is 5.92 Å². The minimum Gasteiger partial charge on any atom is -0.381 e. The van der Waals surface area contributed by atoms with Crippen molar-refractivity contribution < 1.29 is 9.53 Å². The molecular weight excluding hydrogens is 268 g/mol. The quantitative estimate of drug-likeness (QED) is 0.775. The highest BCUT2D eigenvalue weighted by Crippen LogP contribution is 2.28. The minimum atomic E-state index is 0.0878. The van der Waals surface area contributed by atoms with Gasteiger partial charge >= 0.3 is 6.03 Å². The number of rotatable bonds is 7. The van der Waals surface area contributed by atoms with Crippen molar-refractivity contribution in [1.82, 2.24) is 20.0 Å². The fourth-order valence-electron chi connectivity index (χ4n) is 2.76. The maximum absolute atomic E-state index is 12.3. The molecule has 0 aromatic carbocycles. The van der Waals surface area contributed by atoms with Crippen molar-refractivity contribution in [2.45, 2.75) is 38.3 Å². The third kappa shape index (κ3) is 4.20. The third-order valence-corrected chi connectivity index (χ3v) is 4.13. The molecule has 116 valence electrons. The predicted molar refractivity (Wildman–Crippen MR) is 78.9 cm³/mol. The second kappa shape index (κ2) is 6.93. The topological polar surface area (TPSA) is 59.4 Å². The molecule has 1 aliphatic carbocycles. The van der Waals surface area contributed by atoms with Crippen LogP contribution in [0.4, 0.5) is 4.79 Å². The zero-order valence-corrected chi connectivity index (χ0v) is 12.4. The van der Waals surface area contributed by atoms with Crippen molar-refractivity contribution in [3.8, 4) is 0 Å². The average Bonchev–Trinajstić information content (AvgIpc) is 2.99. The number of carbonyl (C=O) groups excluding carboxylic acids is 1. The Balaban J connectivity index is 1.39. The normalized spacial score (nSPS) is 21.4. The van der Waals surface area contributed by atoms with Gasteiger partial charge in [0.1, 0.15) is 0 Å². The van der Waals surface area contributed by atoms with Crippen molar-refractivity contribution >= 4 is 6.03 Å². The monoisotopic (exact) mass is 292 g/mol. The van der Waals surface area contributed by atoms with Crippen molar-refractivity contribution in [1.29, 1.82) is 0 Å². The summed E-state index contributed by atoms with van der Waals surface area (Å²) in [5.41, 5.74) is 0. The average molecular weight is 292 g/mol. The summed E-state index contributed by atoms with van der Waals surface area (Å²) in [4.78, 5) is 14.3. The van der Waals surface area contributed by atoms with Gasteiger partial charge < -0.3 is 15.0 Å². The lowest BCUT2D eigenvalue weighted by atomic mass is 10.1. The molecule has 3 rings (SSSR count). The van der Waals surface area contributed by atoms with Crippen molar-refractivity contribution in [3.63, 3.8) is 0 Å². The summed E-state index contributed by atoms with van der Waals surface area (Å²) in [6.07, 6.45) is 7.99. The molecule has 6 nitrogen and oxygen atoms in total. The molecule has 21 heavy (non-hydrogen) atoms. The largest absolute Gasteiger partial charge is 0.381 e. The van der Waals surface area contributed by atoms with Gasteiger partial charge in [-0.05, 0) is 31.7 Å². The number of ether oxygens (including phenoxy) is 1. The fraction of sp³-hybridized carbons (Fsp3) is 0.733. The maximum Gasteiger partial charge on any atom is 0.317 e. The SMILES string of the molecule is O=C(NCCCn1cccn1)N(CC1CCOC1)C1CC1. The van der Waals surface area contributed by atoms with Gasteiger partial charge in [-0.25, -0.2) is 4.79 Å². The van der Waals surface area contributed by atoms with Crippen LogP contribution in [0.15, 0.2) is 18.5 Å². The third-order valence-electron chi connectivity index (χ3n) is 4.13. The van der Waals surface area contributed by atoms with Crippen molar-refractivity contribution in [3.05, 3.63) is 18.5 Å². The molecular formula is C15H24N4O2. The molecule has 1 saturated carbocycles. The fourth-order valence-corrected chi connectivity index (χ4v) is 2.76. The van der Waals surface area contributed by atoms with Crippen LogP contribution in [-0.4, -0.2) is 53.1 Å². The number of nitrogens with one attached hydrogen (secondary N) is 1. The molecule has 0 spiro atoms. The number of hydrogen-bond donors (Lipinski definition) is 1. The summed E-state index contributed by atoms with van der Waals surface area (Å²) in [6, 6.07) is 2.46. The first kappa shape index (κ1) is 14.4. The van der Waals surface area contributed by atoms with E-state index in [1.165, 1.54) is 0 Å². The molecule has 1 unspecified atom stereocenters. The van der Waals surface area contributed by atoms with Crippen LogP contribution in [0.3, 0.4) is 0 Å². The van der Waals surface area contributed by atoms with E-state index in [9.17, 15) is 4.79 Å². The van der Waals surface area contributed by atoms with E-state index in [1.54, 1.807) is 6.20 Å². The highest BCUT2D eigenvalue weighted by molar-refractivity contribution is 5.74. The summed E-state index contributed by atoms with van der Waals surface area (Å²) in [5, 5.41) is 7.20. The van der Waals surface area contributed by atoms with E-state index in [4.69, 9.17) is 4.74 Å². The lowest BCUT2D eigenvalue weighted by Gasteiger charge is -2.25. The lowest BCUT2D eigenvalue weighted by Crippen LogP contribution is -2.44. The summed E-state index contributed by atoms with van der Waals surface area (Å²) in [6.45, 7) is 4.02. The maximum atomic E-state index is 12.3. The second-order valence-electron chi connectivity index (χ2n) is 5.97. The van der Waals surface area contributed by atoms with Gasteiger partial charge in [-0.2, -0.15) is 5.10 Å². The van der Waals surface area contributed by atoms with Crippen LogP contribution in [0.2, 0.25) is 0 Å². The van der Waals surface area contributed by atoms with E-state index in [2.05, 4.69) is 10.4 Å². The first-order valence-corrected chi connectivity index (χ1v) is 7.92. The van der Waals surface area contributed by atoms with Gasteiger partial charge in [0.05, 0.1) is 6.61 Å². The highest BCUT2D eigenvalue weighted by Gasteiger charge is 2.34. The van der Waals surface area contributed by atoms with E-state index in [0.29, 0.717) is 18.5 Å². The number of aromatic nitrogens is 2. The molecule has 1 N–H and O–H groups in total. The van der Waals surface area contributed by atoms with Gasteiger partial charge in [0.25, 0.3) is 0 Å². The molecule has 1 saturated heterocycles. The summed E-state index contributed by atoms with van der Waals surface area (Å²) in [5.74, 6) is 0.514. The standard InChI is InChI=1S/C15H24N4O2/c20-15(16-6-1-8-18-9-2-7-17-18)19(14-3-4-14)11-13-5-10-21-12-13/h2,7,9,13-14H,1,3-6,8,10-12H2,(H,16,20). The van der Waals surface area contributed by atoms with E-state index < -0.39 is 0 Å². The van der Waals surface area contributed by atoms with Gasteiger partial charge in [-0.3, -0.25) is 4.68 Å². The molecule has 2 amide bonds. The number of aryl methyl sites for hydroxylation is 1.